The fourth-order valence-electron chi connectivity index (χ4n) is 6.93. The van der Waals surface area contributed by atoms with Gasteiger partial charge in [-0.1, -0.05) is 6.07 Å². The Morgan fingerprint density at radius 1 is 0.667 bits per heavy atom. The van der Waals surface area contributed by atoms with Gasteiger partial charge in [0.2, 0.25) is 0 Å². The first kappa shape index (κ1) is 29.0. The average Bonchev–Trinajstić information content (AvgIpc) is 3.43. The molecule has 0 saturated carbocycles. The fraction of sp³-hybridized carbons (Fsp3) is 0.316. The van der Waals surface area contributed by atoms with E-state index < -0.39 is 0 Å². The number of pyridine rings is 2. The van der Waals surface area contributed by atoms with Crippen molar-refractivity contribution in [2.75, 3.05) is 0 Å². The Labute approximate surface area is 263 Å². The van der Waals surface area contributed by atoms with Crippen molar-refractivity contribution >= 4 is 28.2 Å². The largest absolute Gasteiger partial charge is 0.299 e. The summed E-state index contributed by atoms with van der Waals surface area (Å²) in [5, 5.41) is 5.88. The van der Waals surface area contributed by atoms with Crippen LogP contribution in [0.3, 0.4) is 0 Å². The molecule has 7 nitrogen and oxygen atoms in total. The molecular weight excluding hydrogens is 558 g/mol. The summed E-state index contributed by atoms with van der Waals surface area (Å²) in [5.41, 5.74) is 14.8. The lowest BCUT2D eigenvalue weighted by Gasteiger charge is -2.11. The number of fused-ring (bicyclic) bond motifs is 4. The quantitative estimate of drug-likeness (QED) is 0.215. The van der Waals surface area contributed by atoms with E-state index in [1.54, 1.807) is 0 Å². The van der Waals surface area contributed by atoms with Gasteiger partial charge in [0, 0.05) is 78.6 Å². The van der Waals surface area contributed by atoms with Gasteiger partial charge in [-0.15, -0.1) is 0 Å². The fourth-order valence-corrected chi connectivity index (χ4v) is 6.93. The molecule has 4 heterocycles. The maximum absolute atomic E-state index is 11.9. The average molecular weight is 596 g/mol. The summed E-state index contributed by atoms with van der Waals surface area (Å²) in [6, 6.07) is 17.0. The molecule has 8 rings (SSSR count). The molecule has 5 aromatic rings. The van der Waals surface area contributed by atoms with E-state index >= 15 is 0 Å². The molecule has 0 saturated heterocycles. The molecule has 0 bridgehead atoms. The van der Waals surface area contributed by atoms with Crippen molar-refractivity contribution in [3.05, 3.63) is 111 Å². The Morgan fingerprint density at radius 3 is 1.98 bits per heavy atom. The number of ketones is 2. The van der Waals surface area contributed by atoms with Crippen LogP contribution in [0.25, 0.3) is 22.2 Å². The van der Waals surface area contributed by atoms with E-state index in [9.17, 15) is 9.59 Å². The summed E-state index contributed by atoms with van der Waals surface area (Å²) in [7, 11) is 1.96. The van der Waals surface area contributed by atoms with Crippen molar-refractivity contribution in [2.45, 2.75) is 71.8 Å². The van der Waals surface area contributed by atoms with Crippen LogP contribution in [0.4, 0.5) is 0 Å². The van der Waals surface area contributed by atoms with Crippen molar-refractivity contribution in [3.63, 3.8) is 0 Å². The Hall–Kier alpha value is -4.78. The van der Waals surface area contributed by atoms with Crippen LogP contribution < -0.4 is 0 Å². The first-order chi connectivity index (χ1) is 21.8. The number of nitrogens with zero attached hydrogens (tertiary/aromatic N) is 5. The third kappa shape index (κ3) is 5.87. The Morgan fingerprint density at radius 2 is 1.29 bits per heavy atom. The number of hydrogen-bond donors (Lipinski definition) is 0. The molecule has 45 heavy (non-hydrogen) atoms. The molecule has 3 aliphatic rings. The molecule has 2 aromatic carbocycles. The number of benzene rings is 2. The molecule has 0 radical (unpaired) electrons. The lowest BCUT2D eigenvalue weighted by atomic mass is 9.93. The van der Waals surface area contributed by atoms with Gasteiger partial charge in [-0.2, -0.15) is 5.10 Å². The number of carbonyl (C=O) groups is 2. The second-order valence-electron chi connectivity index (χ2n) is 12.6. The maximum atomic E-state index is 11.9. The van der Waals surface area contributed by atoms with Crippen LogP contribution in [0.15, 0.2) is 65.9 Å². The summed E-state index contributed by atoms with van der Waals surface area (Å²) < 4.78 is 1.91. The molecule has 0 unspecified atom stereocenters. The van der Waals surface area contributed by atoms with Gasteiger partial charge in [0.15, 0.2) is 0 Å². The molecular formula is C38H37N5O2. The lowest BCUT2D eigenvalue weighted by molar-refractivity contribution is -0.119. The molecule has 7 heteroatoms. The molecule has 0 amide bonds. The standard InChI is InChI=1S/C19H19N3O.C19H18N2O/c1-12-8-14(6-7-20-12)19-17-10-13-4-3-5-16(23)9-15(13)11-18(17)22(2)21-19;1-12-7-14(5-6-20-12)19-18-10-13-3-2-4-17(22)9-15(13)8-16(18)11-21-19/h6-8,10-11H,3-5,9H2,1-2H3;5-8,10H,2-4,9,11H2,1H3. The molecule has 0 N–H and O–H groups in total. The molecule has 0 spiro atoms. The van der Waals surface area contributed by atoms with E-state index in [-0.39, 0.29) is 0 Å². The summed E-state index contributed by atoms with van der Waals surface area (Å²) in [5.74, 6) is 0.706. The van der Waals surface area contributed by atoms with E-state index in [1.165, 1.54) is 33.4 Å². The first-order valence-electron chi connectivity index (χ1n) is 15.9. The minimum absolute atomic E-state index is 0.343. The van der Waals surface area contributed by atoms with Crippen molar-refractivity contribution in [1.29, 1.82) is 0 Å². The van der Waals surface area contributed by atoms with Gasteiger partial charge in [-0.3, -0.25) is 29.2 Å². The van der Waals surface area contributed by atoms with E-state index in [2.05, 4.69) is 46.4 Å². The number of hydrogen-bond acceptors (Lipinski definition) is 6. The second kappa shape index (κ2) is 12.0. The van der Waals surface area contributed by atoms with Gasteiger partial charge in [0.05, 0.1) is 17.8 Å². The highest BCUT2D eigenvalue weighted by Gasteiger charge is 2.23. The van der Waals surface area contributed by atoms with Crippen LogP contribution in [-0.4, -0.2) is 37.0 Å². The van der Waals surface area contributed by atoms with Crippen LogP contribution in [-0.2, 0) is 48.9 Å². The van der Waals surface area contributed by atoms with Crippen molar-refractivity contribution < 1.29 is 9.59 Å². The highest BCUT2D eigenvalue weighted by Crippen LogP contribution is 2.32. The first-order valence-corrected chi connectivity index (χ1v) is 15.9. The van der Waals surface area contributed by atoms with Crippen LogP contribution in [0.1, 0.15) is 76.0 Å². The number of rotatable bonds is 2. The van der Waals surface area contributed by atoms with Gasteiger partial charge in [-0.05, 0) is 110 Å². The molecule has 2 aliphatic carbocycles. The molecule has 3 aromatic heterocycles. The van der Waals surface area contributed by atoms with Crippen molar-refractivity contribution in [3.8, 4) is 11.3 Å². The van der Waals surface area contributed by atoms with Gasteiger partial charge in [0.1, 0.15) is 17.3 Å². The van der Waals surface area contributed by atoms with E-state index in [0.29, 0.717) is 43.8 Å². The summed E-state index contributed by atoms with van der Waals surface area (Å²) in [6.07, 6.45) is 10.1. The second-order valence-corrected chi connectivity index (χ2v) is 12.6. The number of carbonyl (C=O) groups excluding carboxylic acids is 2. The predicted molar refractivity (Wildman–Crippen MR) is 177 cm³/mol. The normalized spacial score (nSPS) is 15.8. The van der Waals surface area contributed by atoms with E-state index in [4.69, 9.17) is 10.1 Å². The lowest BCUT2D eigenvalue weighted by Crippen LogP contribution is -2.05. The number of Topliss-reactive ketones (excluding diaryl/α,β-unsaturated/α-hetero) is 2. The van der Waals surface area contributed by atoms with Gasteiger partial charge < -0.3 is 0 Å². The molecule has 226 valence electrons. The predicted octanol–water partition coefficient (Wildman–Crippen LogP) is 6.58. The minimum Gasteiger partial charge on any atom is -0.299 e. The molecule has 0 fully saturated rings. The van der Waals surface area contributed by atoms with E-state index in [1.807, 2.05) is 50.1 Å². The summed E-state index contributed by atoms with van der Waals surface area (Å²) in [4.78, 5) is 37.0. The third-order valence-corrected chi connectivity index (χ3v) is 9.18. The molecule has 0 atom stereocenters. The van der Waals surface area contributed by atoms with Crippen LogP contribution in [0.2, 0.25) is 0 Å². The molecule has 1 aliphatic heterocycles. The zero-order valence-corrected chi connectivity index (χ0v) is 26.2. The minimum atomic E-state index is 0.343. The third-order valence-electron chi connectivity index (χ3n) is 9.18. The Kier molecular flexibility index (Phi) is 7.70. The van der Waals surface area contributed by atoms with Gasteiger partial charge in [0.25, 0.3) is 0 Å². The summed E-state index contributed by atoms with van der Waals surface area (Å²) in [6.45, 7) is 4.71. The van der Waals surface area contributed by atoms with Crippen LogP contribution in [0, 0.1) is 13.8 Å². The Balaban J connectivity index is 0.000000145. The van der Waals surface area contributed by atoms with E-state index in [0.717, 1.165) is 70.5 Å². The number of aryl methyl sites for hydroxylation is 5. The number of aromatic nitrogens is 4. The zero-order valence-electron chi connectivity index (χ0n) is 26.2. The monoisotopic (exact) mass is 595 g/mol. The number of aliphatic imine (C=N–C) groups is 1. The smallest absolute Gasteiger partial charge is 0.137 e. The SMILES string of the molecule is Cc1cc(-c2nn(C)c3cc4c(cc23)CCCC(=O)C4)ccn1.Cc1cc(C2=NCc3cc4c(cc32)CCCC(=O)C4)ccn1. The van der Waals surface area contributed by atoms with Crippen LogP contribution in [0.5, 0.6) is 0 Å². The topological polar surface area (TPSA) is 90.1 Å². The van der Waals surface area contributed by atoms with Crippen LogP contribution >= 0.6 is 0 Å². The zero-order chi connectivity index (χ0) is 31.1. The summed E-state index contributed by atoms with van der Waals surface area (Å²) >= 11 is 0. The van der Waals surface area contributed by atoms with Crippen molar-refractivity contribution in [2.24, 2.45) is 12.0 Å². The maximum Gasteiger partial charge on any atom is 0.137 e. The highest BCUT2D eigenvalue weighted by molar-refractivity contribution is 6.15. The van der Waals surface area contributed by atoms with Gasteiger partial charge in [-0.25, -0.2) is 0 Å². The highest BCUT2D eigenvalue weighted by atomic mass is 16.1. The Bertz CT molecular complexity index is 2020. The van der Waals surface area contributed by atoms with Crippen molar-refractivity contribution in [1.82, 2.24) is 19.7 Å². The van der Waals surface area contributed by atoms with Gasteiger partial charge >= 0.3 is 0 Å².